The first-order chi connectivity index (χ1) is 12.0. The van der Waals surface area contributed by atoms with Gasteiger partial charge in [-0.2, -0.15) is 0 Å². The second-order valence-electron chi connectivity index (χ2n) is 8.19. The molecular weight excluding hydrogens is 328 g/mol. The first-order valence-electron chi connectivity index (χ1n) is 9.25. The van der Waals surface area contributed by atoms with Gasteiger partial charge in [-0.1, -0.05) is 48.0 Å². The number of hydrogen-bond donors (Lipinski definition) is 0. The summed E-state index contributed by atoms with van der Waals surface area (Å²) in [4.78, 5) is 5.16. The second-order valence-corrected chi connectivity index (χ2v) is 8.63. The summed E-state index contributed by atoms with van der Waals surface area (Å²) in [6.07, 6.45) is 1.15. The average Bonchev–Trinajstić information content (AvgIpc) is 2.97. The van der Waals surface area contributed by atoms with Gasteiger partial charge in [-0.05, 0) is 56.1 Å². The molecule has 3 heteroatoms. The smallest absolute Gasteiger partial charge is 0.0409 e. The van der Waals surface area contributed by atoms with Crippen LogP contribution in [0.2, 0.25) is 5.02 Å². The summed E-state index contributed by atoms with van der Waals surface area (Å²) in [5.41, 5.74) is 4.52. The van der Waals surface area contributed by atoms with Crippen LogP contribution in [-0.2, 0) is 0 Å². The Kier molecular flexibility index (Phi) is 4.39. The number of halogens is 1. The van der Waals surface area contributed by atoms with E-state index in [1.807, 2.05) is 6.07 Å². The molecule has 25 heavy (non-hydrogen) atoms. The van der Waals surface area contributed by atoms with E-state index in [9.17, 15) is 0 Å². The zero-order valence-corrected chi connectivity index (χ0v) is 16.1. The molecule has 0 N–H and O–H groups in total. The number of piperazine rings is 1. The number of fused-ring (bicyclic) bond motifs is 1. The van der Waals surface area contributed by atoms with Crippen molar-refractivity contribution in [3.05, 3.63) is 70.2 Å². The number of rotatable bonds is 2. The van der Waals surface area contributed by atoms with Crippen molar-refractivity contribution in [2.24, 2.45) is 0 Å². The zero-order valence-electron chi connectivity index (χ0n) is 15.4. The van der Waals surface area contributed by atoms with E-state index >= 15 is 0 Å². The van der Waals surface area contributed by atoms with Gasteiger partial charge in [0.2, 0.25) is 0 Å². The van der Waals surface area contributed by atoms with Crippen molar-refractivity contribution in [3.63, 3.8) is 0 Å². The lowest BCUT2D eigenvalue weighted by molar-refractivity contribution is 0.0158. The topological polar surface area (TPSA) is 6.48 Å². The summed E-state index contributed by atoms with van der Waals surface area (Å²) in [6, 6.07) is 17.9. The van der Waals surface area contributed by atoms with Crippen LogP contribution in [0.25, 0.3) is 0 Å². The molecule has 0 aromatic heterocycles. The van der Waals surface area contributed by atoms with Crippen LogP contribution in [0.5, 0.6) is 0 Å². The average molecular weight is 355 g/mol. The molecule has 0 amide bonds. The molecular formula is C22H27ClN2. The van der Waals surface area contributed by atoms with Gasteiger partial charge in [0.25, 0.3) is 0 Å². The Bertz CT molecular complexity index is 756. The van der Waals surface area contributed by atoms with Crippen LogP contribution >= 0.6 is 11.6 Å². The van der Waals surface area contributed by atoms with Gasteiger partial charge in [-0.25, -0.2) is 0 Å². The van der Waals surface area contributed by atoms with E-state index in [0.29, 0.717) is 12.0 Å². The van der Waals surface area contributed by atoms with Gasteiger partial charge in [-0.3, -0.25) is 9.80 Å². The largest absolute Gasteiger partial charge is 0.299 e. The minimum absolute atomic E-state index is 0.210. The van der Waals surface area contributed by atoms with Crippen LogP contribution < -0.4 is 0 Å². The fraction of sp³-hybridized carbons (Fsp3) is 0.455. The predicted molar refractivity (Wildman–Crippen MR) is 105 cm³/mol. The molecule has 2 aromatic rings. The number of benzene rings is 2. The maximum atomic E-state index is 6.37. The first-order valence-corrected chi connectivity index (χ1v) is 9.63. The molecule has 1 unspecified atom stereocenters. The summed E-state index contributed by atoms with van der Waals surface area (Å²) in [5, 5.41) is 0.853. The molecule has 1 aliphatic heterocycles. The molecule has 2 aromatic carbocycles. The fourth-order valence-electron chi connectivity index (χ4n) is 4.52. The maximum absolute atomic E-state index is 6.37. The molecule has 0 saturated carbocycles. The SMILES string of the molecule is CN1CCN([C@H]2CC(c3ccccc3)c3ccc(Cl)cc32)CC1(C)C. The lowest BCUT2D eigenvalue weighted by Crippen LogP contribution is -2.58. The molecule has 2 atom stereocenters. The molecule has 0 spiro atoms. The highest BCUT2D eigenvalue weighted by Crippen LogP contribution is 2.48. The van der Waals surface area contributed by atoms with Crippen molar-refractivity contribution in [3.8, 4) is 0 Å². The first kappa shape index (κ1) is 17.1. The molecule has 0 bridgehead atoms. The van der Waals surface area contributed by atoms with Crippen LogP contribution in [0.1, 0.15) is 48.9 Å². The number of likely N-dealkylation sites (N-methyl/N-ethyl adjacent to an activating group) is 1. The minimum Gasteiger partial charge on any atom is -0.299 e. The highest BCUT2D eigenvalue weighted by Gasteiger charge is 2.40. The molecule has 132 valence electrons. The molecule has 1 aliphatic carbocycles. The third-order valence-corrected chi connectivity index (χ3v) is 6.47. The highest BCUT2D eigenvalue weighted by molar-refractivity contribution is 6.30. The van der Waals surface area contributed by atoms with E-state index in [1.54, 1.807) is 0 Å². The van der Waals surface area contributed by atoms with Crippen LogP contribution in [0.15, 0.2) is 48.5 Å². The fourth-order valence-corrected chi connectivity index (χ4v) is 4.70. The Morgan fingerprint density at radius 3 is 2.48 bits per heavy atom. The highest BCUT2D eigenvalue weighted by atomic mass is 35.5. The Morgan fingerprint density at radius 2 is 1.76 bits per heavy atom. The third-order valence-electron chi connectivity index (χ3n) is 6.23. The lowest BCUT2D eigenvalue weighted by Gasteiger charge is -2.47. The lowest BCUT2D eigenvalue weighted by atomic mass is 9.93. The Labute approximate surface area is 156 Å². The summed E-state index contributed by atoms with van der Waals surface area (Å²) in [5.74, 6) is 0.473. The summed E-state index contributed by atoms with van der Waals surface area (Å²) in [7, 11) is 2.24. The van der Waals surface area contributed by atoms with Crippen molar-refractivity contribution in [2.45, 2.75) is 37.8 Å². The van der Waals surface area contributed by atoms with Crippen molar-refractivity contribution in [1.29, 1.82) is 0 Å². The Balaban J connectivity index is 1.70. The summed E-state index contributed by atoms with van der Waals surface area (Å²) >= 11 is 6.37. The van der Waals surface area contributed by atoms with Crippen molar-refractivity contribution in [1.82, 2.24) is 9.80 Å². The third kappa shape index (κ3) is 3.12. The Morgan fingerprint density at radius 1 is 1.00 bits per heavy atom. The molecule has 1 saturated heterocycles. The van der Waals surface area contributed by atoms with Gasteiger partial charge in [0.05, 0.1) is 0 Å². The predicted octanol–water partition coefficient (Wildman–Crippen LogP) is 4.94. The van der Waals surface area contributed by atoms with Crippen molar-refractivity contribution < 1.29 is 0 Å². The van der Waals surface area contributed by atoms with E-state index in [0.717, 1.165) is 31.1 Å². The quantitative estimate of drug-likeness (QED) is 0.753. The van der Waals surface area contributed by atoms with Crippen molar-refractivity contribution in [2.75, 3.05) is 26.7 Å². The molecule has 2 aliphatic rings. The zero-order chi connectivity index (χ0) is 17.6. The van der Waals surface area contributed by atoms with Crippen LogP contribution in [-0.4, -0.2) is 42.0 Å². The van der Waals surface area contributed by atoms with Gasteiger partial charge in [0, 0.05) is 42.2 Å². The minimum atomic E-state index is 0.210. The van der Waals surface area contributed by atoms with Gasteiger partial charge >= 0.3 is 0 Å². The maximum Gasteiger partial charge on any atom is 0.0409 e. The summed E-state index contributed by atoms with van der Waals surface area (Å²) < 4.78 is 0. The monoisotopic (exact) mass is 354 g/mol. The van der Waals surface area contributed by atoms with Crippen LogP contribution in [0.3, 0.4) is 0 Å². The van der Waals surface area contributed by atoms with E-state index in [4.69, 9.17) is 11.6 Å². The van der Waals surface area contributed by atoms with E-state index in [-0.39, 0.29) is 5.54 Å². The van der Waals surface area contributed by atoms with Gasteiger partial charge in [0.1, 0.15) is 0 Å². The molecule has 0 radical (unpaired) electrons. The second kappa shape index (κ2) is 6.42. The van der Waals surface area contributed by atoms with Crippen LogP contribution in [0.4, 0.5) is 0 Å². The van der Waals surface area contributed by atoms with E-state index in [2.05, 4.69) is 73.2 Å². The summed E-state index contributed by atoms with van der Waals surface area (Å²) in [6.45, 7) is 8.04. The number of hydrogen-bond acceptors (Lipinski definition) is 2. The molecule has 1 fully saturated rings. The Hall–Kier alpha value is -1.35. The number of nitrogens with zero attached hydrogens (tertiary/aromatic N) is 2. The molecule has 1 heterocycles. The van der Waals surface area contributed by atoms with Crippen molar-refractivity contribution >= 4 is 11.6 Å². The standard InChI is InChI=1S/C22H27ClN2/c1-22(2)15-25(12-11-24(22)3)21-14-19(16-7-5-4-6-8-16)18-10-9-17(23)13-20(18)21/h4-10,13,19,21H,11-12,14-15H2,1-3H3/t19?,21-/m0/s1. The van der Waals surface area contributed by atoms with Gasteiger partial charge < -0.3 is 0 Å². The molecule has 4 rings (SSSR count). The van der Waals surface area contributed by atoms with Gasteiger partial charge in [0.15, 0.2) is 0 Å². The van der Waals surface area contributed by atoms with Crippen LogP contribution in [0, 0.1) is 0 Å². The molecule has 2 nitrogen and oxygen atoms in total. The van der Waals surface area contributed by atoms with E-state index in [1.165, 1.54) is 16.7 Å². The van der Waals surface area contributed by atoms with E-state index < -0.39 is 0 Å². The van der Waals surface area contributed by atoms with Gasteiger partial charge in [-0.15, -0.1) is 0 Å². The normalized spacial score (nSPS) is 26.6.